The van der Waals surface area contributed by atoms with Crippen molar-refractivity contribution in [2.45, 2.75) is 32.6 Å². The first-order valence-corrected chi connectivity index (χ1v) is 9.04. The van der Waals surface area contributed by atoms with E-state index in [-0.39, 0.29) is 17.2 Å². The minimum atomic E-state index is -0.671. The number of amides is 2. The summed E-state index contributed by atoms with van der Waals surface area (Å²) < 4.78 is 28.9. The summed E-state index contributed by atoms with van der Waals surface area (Å²) in [5.74, 6) is -1.26. The maximum atomic E-state index is 14.2. The molecule has 0 atom stereocenters. The zero-order valence-corrected chi connectivity index (χ0v) is 16.9. The molecule has 0 saturated carbocycles. The van der Waals surface area contributed by atoms with Crippen molar-refractivity contribution in [3.8, 4) is 5.69 Å². The van der Waals surface area contributed by atoms with Crippen LogP contribution in [-0.4, -0.2) is 47.9 Å². The number of nitrogens with one attached hydrogen (secondary N) is 2. The van der Waals surface area contributed by atoms with Crippen molar-refractivity contribution in [2.75, 3.05) is 38.2 Å². The summed E-state index contributed by atoms with van der Waals surface area (Å²) in [6, 6.07) is 2.60. The van der Waals surface area contributed by atoms with Crippen LogP contribution in [0.25, 0.3) is 5.69 Å². The molecule has 0 aliphatic carbocycles. The monoisotopic (exact) mass is 394 g/mol. The van der Waals surface area contributed by atoms with Crippen LogP contribution in [-0.2, 0) is 5.41 Å². The second-order valence-electron chi connectivity index (χ2n) is 7.90. The molecule has 0 saturated heterocycles. The van der Waals surface area contributed by atoms with Crippen molar-refractivity contribution in [1.82, 2.24) is 20.0 Å². The van der Waals surface area contributed by atoms with E-state index in [4.69, 9.17) is 5.73 Å². The summed E-state index contributed by atoms with van der Waals surface area (Å²) in [6.07, 6.45) is 0.787. The van der Waals surface area contributed by atoms with E-state index in [0.29, 0.717) is 12.2 Å². The van der Waals surface area contributed by atoms with E-state index in [1.807, 2.05) is 39.8 Å². The number of nitrogens with zero attached hydrogens (tertiary/aromatic N) is 3. The number of aromatic nitrogens is 2. The minimum Gasteiger partial charge on any atom is -0.382 e. The van der Waals surface area contributed by atoms with Gasteiger partial charge in [-0.25, -0.2) is 18.3 Å². The van der Waals surface area contributed by atoms with Crippen molar-refractivity contribution in [1.29, 1.82) is 0 Å². The third kappa shape index (κ3) is 5.19. The van der Waals surface area contributed by atoms with Crippen LogP contribution < -0.4 is 16.4 Å². The molecule has 7 nitrogen and oxygen atoms in total. The molecule has 9 heteroatoms. The van der Waals surface area contributed by atoms with Crippen LogP contribution in [0.1, 0.15) is 32.9 Å². The van der Waals surface area contributed by atoms with E-state index in [0.717, 1.165) is 35.8 Å². The third-order valence-electron chi connectivity index (χ3n) is 4.07. The van der Waals surface area contributed by atoms with Crippen LogP contribution >= 0.6 is 0 Å². The lowest BCUT2D eigenvalue weighted by Gasteiger charge is -2.18. The number of hydrogen-bond donors (Lipinski definition) is 3. The lowest BCUT2D eigenvalue weighted by atomic mass is 9.91. The number of anilines is 2. The Hall–Kier alpha value is -2.68. The van der Waals surface area contributed by atoms with E-state index < -0.39 is 23.1 Å². The van der Waals surface area contributed by atoms with Crippen LogP contribution in [0.2, 0.25) is 0 Å². The Balaban J connectivity index is 2.32. The first-order valence-electron chi connectivity index (χ1n) is 9.04. The van der Waals surface area contributed by atoms with Gasteiger partial charge in [-0.1, -0.05) is 20.8 Å². The molecule has 28 heavy (non-hydrogen) atoms. The SMILES string of the molecule is CN(C)CCCNC(=O)Nc1c(C(C)(C)C)nn(-c2cc(F)ccc2F)c1N. The normalized spacial score (nSPS) is 11.7. The number of nitrogen functional groups attached to an aromatic ring is 1. The quantitative estimate of drug-likeness (QED) is 0.657. The summed E-state index contributed by atoms with van der Waals surface area (Å²) in [5, 5.41) is 9.83. The number of halogens is 2. The second kappa shape index (κ2) is 8.55. The summed E-state index contributed by atoms with van der Waals surface area (Å²) >= 11 is 0. The molecule has 0 fully saturated rings. The molecule has 2 aromatic rings. The maximum Gasteiger partial charge on any atom is 0.319 e. The smallest absolute Gasteiger partial charge is 0.319 e. The zero-order valence-electron chi connectivity index (χ0n) is 16.9. The van der Waals surface area contributed by atoms with Crippen molar-refractivity contribution in [2.24, 2.45) is 0 Å². The van der Waals surface area contributed by atoms with Gasteiger partial charge in [0.05, 0.1) is 5.69 Å². The van der Waals surface area contributed by atoms with Gasteiger partial charge in [0.2, 0.25) is 0 Å². The molecule has 1 aromatic heterocycles. The number of rotatable bonds is 6. The molecule has 0 unspecified atom stereocenters. The van der Waals surface area contributed by atoms with Crippen LogP contribution in [0.15, 0.2) is 18.2 Å². The number of urea groups is 1. The molecule has 0 radical (unpaired) electrons. The largest absolute Gasteiger partial charge is 0.382 e. The predicted molar refractivity (Wildman–Crippen MR) is 107 cm³/mol. The molecule has 0 spiro atoms. The van der Waals surface area contributed by atoms with Crippen LogP contribution in [0, 0.1) is 11.6 Å². The maximum absolute atomic E-state index is 14.2. The van der Waals surface area contributed by atoms with Gasteiger partial charge >= 0.3 is 6.03 Å². The average molecular weight is 394 g/mol. The number of hydrogen-bond acceptors (Lipinski definition) is 4. The summed E-state index contributed by atoms with van der Waals surface area (Å²) in [5.41, 5.74) is 6.29. The lowest BCUT2D eigenvalue weighted by molar-refractivity contribution is 0.251. The summed E-state index contributed by atoms with van der Waals surface area (Å²) in [7, 11) is 3.91. The Labute approximate surface area is 163 Å². The van der Waals surface area contributed by atoms with E-state index in [1.165, 1.54) is 0 Å². The van der Waals surface area contributed by atoms with Gasteiger partial charge in [-0.15, -0.1) is 0 Å². The van der Waals surface area contributed by atoms with Gasteiger partial charge in [0, 0.05) is 18.0 Å². The Bertz CT molecular complexity index is 842. The van der Waals surface area contributed by atoms with E-state index in [2.05, 4.69) is 15.7 Å². The molecular weight excluding hydrogens is 366 g/mol. The number of carbonyl (C=O) groups excluding carboxylic acids is 1. The van der Waals surface area contributed by atoms with E-state index >= 15 is 0 Å². The van der Waals surface area contributed by atoms with Gasteiger partial charge < -0.3 is 21.3 Å². The van der Waals surface area contributed by atoms with E-state index in [9.17, 15) is 13.6 Å². The Morgan fingerprint density at radius 3 is 2.57 bits per heavy atom. The van der Waals surface area contributed by atoms with Crippen molar-refractivity contribution < 1.29 is 13.6 Å². The van der Waals surface area contributed by atoms with Crippen LogP contribution in [0.5, 0.6) is 0 Å². The molecular formula is C19H28F2N6O. The van der Waals surface area contributed by atoms with Crippen LogP contribution in [0.4, 0.5) is 25.1 Å². The highest BCUT2D eigenvalue weighted by Crippen LogP contribution is 2.35. The Morgan fingerprint density at radius 1 is 1.29 bits per heavy atom. The molecule has 2 rings (SSSR count). The molecule has 4 N–H and O–H groups in total. The molecule has 0 aliphatic rings. The highest BCUT2D eigenvalue weighted by atomic mass is 19.1. The summed E-state index contributed by atoms with van der Waals surface area (Å²) in [6.45, 7) is 7.00. The molecule has 0 aliphatic heterocycles. The number of benzene rings is 1. The van der Waals surface area contributed by atoms with Gasteiger partial charge in [-0.2, -0.15) is 5.10 Å². The van der Waals surface area contributed by atoms with Crippen molar-refractivity contribution >= 4 is 17.5 Å². The highest BCUT2D eigenvalue weighted by Gasteiger charge is 2.28. The average Bonchev–Trinajstić information content (AvgIpc) is 2.90. The molecule has 0 bridgehead atoms. The van der Waals surface area contributed by atoms with Crippen molar-refractivity contribution in [3.05, 3.63) is 35.5 Å². The van der Waals surface area contributed by atoms with Gasteiger partial charge in [0.25, 0.3) is 0 Å². The lowest BCUT2D eigenvalue weighted by Crippen LogP contribution is -2.32. The first kappa shape index (κ1) is 21.6. The van der Waals surface area contributed by atoms with Gasteiger partial charge in [0.15, 0.2) is 5.82 Å². The fourth-order valence-electron chi connectivity index (χ4n) is 2.67. The predicted octanol–water partition coefficient (Wildman–Crippen LogP) is 3.10. The Morgan fingerprint density at radius 2 is 1.96 bits per heavy atom. The molecule has 154 valence electrons. The number of nitrogens with two attached hydrogens (primary N) is 1. The van der Waals surface area contributed by atoms with Gasteiger partial charge in [-0.3, -0.25) is 0 Å². The Kier molecular flexibility index (Phi) is 6.60. The van der Waals surface area contributed by atoms with E-state index in [1.54, 1.807) is 0 Å². The van der Waals surface area contributed by atoms with Crippen molar-refractivity contribution in [3.63, 3.8) is 0 Å². The minimum absolute atomic E-state index is 0.0258. The molecule has 1 heterocycles. The fourth-order valence-corrected chi connectivity index (χ4v) is 2.67. The second-order valence-corrected chi connectivity index (χ2v) is 7.90. The third-order valence-corrected chi connectivity index (χ3v) is 4.07. The zero-order chi connectivity index (χ0) is 21.1. The highest BCUT2D eigenvalue weighted by molar-refractivity contribution is 5.93. The standard InChI is InChI=1S/C19H28F2N6O/c1-19(2,3)16-15(24-18(28)23-9-6-10-26(4)5)17(22)27(25-16)14-11-12(20)7-8-13(14)21/h7-8,11H,6,9-10,22H2,1-5H3,(H2,23,24,28). The van der Waals surface area contributed by atoms with Crippen LogP contribution in [0.3, 0.4) is 0 Å². The fraction of sp³-hybridized carbons (Fsp3) is 0.474. The first-order chi connectivity index (χ1) is 13.0. The van der Waals surface area contributed by atoms with Gasteiger partial charge in [0.1, 0.15) is 23.0 Å². The number of carbonyl (C=O) groups is 1. The molecule has 2 amide bonds. The van der Waals surface area contributed by atoms with Gasteiger partial charge in [-0.05, 0) is 39.2 Å². The summed E-state index contributed by atoms with van der Waals surface area (Å²) in [4.78, 5) is 14.3. The topological polar surface area (TPSA) is 88.2 Å². The molecule has 1 aromatic carbocycles.